The second-order valence-electron chi connectivity index (χ2n) is 9.45. The van der Waals surface area contributed by atoms with Crippen LogP contribution >= 0.6 is 0 Å². The lowest BCUT2D eigenvalue weighted by Crippen LogP contribution is -2.42. The first kappa shape index (κ1) is 24.4. The van der Waals surface area contributed by atoms with E-state index in [9.17, 15) is 18.0 Å². The van der Waals surface area contributed by atoms with Crippen LogP contribution in [-0.4, -0.2) is 38.1 Å². The normalized spacial score (nSPS) is 22.3. The van der Waals surface area contributed by atoms with Crippen LogP contribution in [0.4, 0.5) is 30.2 Å². The molecular formula is C25H28F3N5O3. The van der Waals surface area contributed by atoms with Crippen LogP contribution in [0.1, 0.15) is 49.2 Å². The predicted molar refractivity (Wildman–Crippen MR) is 130 cm³/mol. The van der Waals surface area contributed by atoms with Crippen LogP contribution in [0.5, 0.6) is 5.75 Å². The number of nitrogens with two attached hydrogens (primary N) is 1. The number of rotatable bonds is 5. The van der Waals surface area contributed by atoms with Crippen molar-refractivity contribution < 1.29 is 27.4 Å². The Morgan fingerprint density at radius 1 is 1.28 bits per heavy atom. The van der Waals surface area contributed by atoms with E-state index in [0.717, 1.165) is 29.8 Å². The van der Waals surface area contributed by atoms with E-state index >= 15 is 0 Å². The molecule has 4 N–H and O–H groups in total. The number of nitrogens with zero attached hydrogens (tertiary/aromatic N) is 2. The van der Waals surface area contributed by atoms with Gasteiger partial charge in [0.1, 0.15) is 11.9 Å². The molecule has 0 spiro atoms. The quantitative estimate of drug-likeness (QED) is 0.528. The Kier molecular flexibility index (Phi) is 6.29. The van der Waals surface area contributed by atoms with E-state index < -0.39 is 23.9 Å². The van der Waals surface area contributed by atoms with Crippen LogP contribution in [0.25, 0.3) is 0 Å². The number of halogens is 3. The number of hydrogen-bond acceptors (Lipinski definition) is 7. The Morgan fingerprint density at radius 3 is 2.81 bits per heavy atom. The maximum absolute atomic E-state index is 13.3. The number of carbonyl (C=O) groups is 1. The van der Waals surface area contributed by atoms with Gasteiger partial charge in [0.2, 0.25) is 0 Å². The van der Waals surface area contributed by atoms with Gasteiger partial charge in [-0.3, -0.25) is 10.1 Å². The molecule has 1 unspecified atom stereocenters. The van der Waals surface area contributed by atoms with Crippen LogP contribution < -0.4 is 26.0 Å². The Balaban J connectivity index is 1.46. The number of fused-ring (bicyclic) bond motifs is 2. The minimum Gasteiger partial charge on any atom is -0.481 e. The summed E-state index contributed by atoms with van der Waals surface area (Å²) in [6.07, 6.45) is -4.18. The van der Waals surface area contributed by atoms with Crippen molar-refractivity contribution in [2.75, 3.05) is 42.3 Å². The van der Waals surface area contributed by atoms with E-state index in [4.69, 9.17) is 15.2 Å². The summed E-state index contributed by atoms with van der Waals surface area (Å²) in [6, 6.07) is 6.75. The molecule has 8 nitrogen and oxygen atoms in total. The summed E-state index contributed by atoms with van der Waals surface area (Å²) in [5.74, 6) is 1.35. The molecule has 192 valence electrons. The molecular weight excluding hydrogens is 475 g/mol. The molecule has 1 saturated heterocycles. The number of amidine groups is 1. The molecule has 0 aromatic heterocycles. The predicted octanol–water partition coefficient (Wildman–Crippen LogP) is 4.24. The molecule has 11 heteroatoms. The van der Waals surface area contributed by atoms with Gasteiger partial charge in [0.05, 0.1) is 23.7 Å². The van der Waals surface area contributed by atoms with E-state index in [2.05, 4.69) is 15.6 Å². The van der Waals surface area contributed by atoms with Crippen LogP contribution in [0.2, 0.25) is 0 Å². The average Bonchev–Trinajstić information content (AvgIpc) is 3.32. The van der Waals surface area contributed by atoms with Gasteiger partial charge in [-0.25, -0.2) is 4.99 Å². The number of nitrogens with one attached hydrogen (secondary N) is 2. The molecule has 3 atom stereocenters. The van der Waals surface area contributed by atoms with E-state index in [1.807, 2.05) is 12.1 Å². The van der Waals surface area contributed by atoms with Crippen LogP contribution in [-0.2, 0) is 15.7 Å². The van der Waals surface area contributed by atoms with E-state index in [1.165, 1.54) is 6.07 Å². The lowest BCUT2D eigenvalue weighted by atomic mass is 10.0. The molecule has 3 heterocycles. The summed E-state index contributed by atoms with van der Waals surface area (Å²) < 4.78 is 51.2. The van der Waals surface area contributed by atoms with Gasteiger partial charge < -0.3 is 25.4 Å². The third kappa shape index (κ3) is 4.85. The molecule has 0 radical (unpaired) electrons. The maximum Gasteiger partial charge on any atom is 0.416 e. The standard InChI is InChI=1S/C25H28F3N5O3/c1-13(16-5-17(25(26,27)28)7-18(29)6-16)30-24-19-8-21-22(9-20(19)31-14(2)32-24)36-12-23(34)33(21)10-15-3-4-35-11-15/h5-9,13,15,24,30H,3-4,10-12,29H2,1-2H3,(H,31,32)/t13-,15+,24?/m1/s1. The van der Waals surface area contributed by atoms with Crippen LogP contribution in [0.15, 0.2) is 35.3 Å². The smallest absolute Gasteiger partial charge is 0.416 e. The molecule has 3 aliphatic rings. The van der Waals surface area contributed by atoms with Crippen molar-refractivity contribution in [3.8, 4) is 5.75 Å². The number of ether oxygens (including phenoxy) is 2. The van der Waals surface area contributed by atoms with Crippen molar-refractivity contribution in [3.63, 3.8) is 0 Å². The maximum atomic E-state index is 13.3. The van der Waals surface area contributed by atoms with Gasteiger partial charge in [-0.2, -0.15) is 13.2 Å². The number of aliphatic imine (C=N–C) groups is 1. The van der Waals surface area contributed by atoms with Gasteiger partial charge in [0.15, 0.2) is 6.61 Å². The summed E-state index contributed by atoms with van der Waals surface area (Å²) in [4.78, 5) is 19.1. The van der Waals surface area contributed by atoms with Crippen molar-refractivity contribution in [2.45, 2.75) is 38.7 Å². The highest BCUT2D eigenvalue weighted by Crippen LogP contribution is 2.42. The molecule has 36 heavy (non-hydrogen) atoms. The molecule has 0 aliphatic carbocycles. The Labute approximate surface area is 206 Å². The van der Waals surface area contributed by atoms with Crippen molar-refractivity contribution in [1.82, 2.24) is 5.32 Å². The summed E-state index contributed by atoms with van der Waals surface area (Å²) >= 11 is 0. The fraction of sp³-hybridized carbons (Fsp3) is 0.440. The molecule has 0 saturated carbocycles. The summed E-state index contributed by atoms with van der Waals surface area (Å²) in [5.41, 5.74) is 7.58. The van der Waals surface area contributed by atoms with Crippen molar-refractivity contribution in [2.24, 2.45) is 10.9 Å². The summed E-state index contributed by atoms with van der Waals surface area (Å²) in [5, 5.41) is 6.55. The van der Waals surface area contributed by atoms with Gasteiger partial charge in [-0.1, -0.05) is 0 Å². The second kappa shape index (κ2) is 9.29. The topological polar surface area (TPSA) is 101 Å². The molecule has 2 aromatic carbocycles. The number of benzene rings is 2. The first-order valence-electron chi connectivity index (χ1n) is 11.8. The third-order valence-corrected chi connectivity index (χ3v) is 6.68. The number of nitrogen functional groups attached to an aromatic ring is 1. The van der Waals surface area contributed by atoms with Gasteiger partial charge in [0.25, 0.3) is 5.91 Å². The fourth-order valence-corrected chi connectivity index (χ4v) is 4.82. The SMILES string of the molecule is CC1=NC(N[C@H](C)c2cc(N)cc(C(F)(F)F)c2)c2cc3c(cc2N1)OCC(=O)N3C[C@@H]1CCOC1. The molecule has 5 rings (SSSR count). The molecule has 3 aliphatic heterocycles. The number of carbonyl (C=O) groups excluding carboxylic acids is 1. The van der Waals surface area contributed by atoms with Gasteiger partial charge in [-0.05, 0) is 50.1 Å². The molecule has 1 amide bonds. The average molecular weight is 504 g/mol. The van der Waals surface area contributed by atoms with Crippen LogP contribution in [0, 0.1) is 5.92 Å². The molecule has 2 aromatic rings. The lowest BCUT2D eigenvalue weighted by Gasteiger charge is -2.34. The Bertz CT molecular complexity index is 1210. The first-order chi connectivity index (χ1) is 17.1. The van der Waals surface area contributed by atoms with Crippen molar-refractivity contribution in [1.29, 1.82) is 0 Å². The van der Waals surface area contributed by atoms with Gasteiger partial charge in [0, 0.05) is 48.1 Å². The number of anilines is 3. The number of alkyl halides is 3. The van der Waals surface area contributed by atoms with E-state index in [-0.39, 0.29) is 24.1 Å². The monoisotopic (exact) mass is 503 g/mol. The highest BCUT2D eigenvalue weighted by Gasteiger charge is 2.34. The van der Waals surface area contributed by atoms with Crippen LogP contribution in [0.3, 0.4) is 0 Å². The zero-order chi connectivity index (χ0) is 25.6. The molecule has 1 fully saturated rings. The summed E-state index contributed by atoms with van der Waals surface area (Å²) in [6.45, 7) is 5.35. The first-order valence-corrected chi connectivity index (χ1v) is 11.8. The third-order valence-electron chi connectivity index (χ3n) is 6.68. The highest BCUT2D eigenvalue weighted by atomic mass is 19.4. The van der Waals surface area contributed by atoms with E-state index in [1.54, 1.807) is 18.7 Å². The number of hydrogen-bond donors (Lipinski definition) is 3. The fourth-order valence-electron chi connectivity index (χ4n) is 4.82. The molecule has 0 bridgehead atoms. The Hall–Kier alpha value is -3.31. The number of amides is 1. The lowest BCUT2D eigenvalue weighted by molar-refractivity contribution is -0.137. The summed E-state index contributed by atoms with van der Waals surface area (Å²) in [7, 11) is 0. The largest absolute Gasteiger partial charge is 0.481 e. The highest BCUT2D eigenvalue weighted by molar-refractivity contribution is 6.01. The minimum atomic E-state index is -4.50. The minimum absolute atomic E-state index is 0.0372. The second-order valence-corrected chi connectivity index (χ2v) is 9.45. The Morgan fingerprint density at radius 2 is 2.08 bits per heavy atom. The van der Waals surface area contributed by atoms with Gasteiger partial charge in [-0.15, -0.1) is 0 Å². The van der Waals surface area contributed by atoms with E-state index in [0.29, 0.717) is 42.6 Å². The zero-order valence-corrected chi connectivity index (χ0v) is 20.0. The van der Waals surface area contributed by atoms with Crippen molar-refractivity contribution in [3.05, 3.63) is 47.0 Å². The van der Waals surface area contributed by atoms with Crippen molar-refractivity contribution >= 4 is 28.8 Å². The van der Waals surface area contributed by atoms with Gasteiger partial charge >= 0.3 is 6.18 Å². The zero-order valence-electron chi connectivity index (χ0n) is 20.0.